The van der Waals surface area contributed by atoms with Crippen molar-refractivity contribution in [1.29, 1.82) is 0 Å². The van der Waals surface area contributed by atoms with Gasteiger partial charge in [-0.3, -0.25) is 0 Å². The number of rotatable bonds is 4. The van der Waals surface area contributed by atoms with Gasteiger partial charge in [-0.25, -0.2) is 0 Å². The summed E-state index contributed by atoms with van der Waals surface area (Å²) in [6.07, 6.45) is 2.62. The summed E-state index contributed by atoms with van der Waals surface area (Å²) in [5.41, 5.74) is 0. The predicted molar refractivity (Wildman–Crippen MR) is 37.9 cm³/mol. The van der Waals surface area contributed by atoms with Crippen molar-refractivity contribution in [2.45, 2.75) is 12.6 Å². The van der Waals surface area contributed by atoms with Gasteiger partial charge in [0.2, 0.25) is 0 Å². The molecule has 0 saturated carbocycles. The molecular weight excluding hydrogens is 146 g/mol. The molecule has 0 bridgehead atoms. The zero-order valence-corrected chi connectivity index (χ0v) is 6.34. The molecule has 0 aliphatic carbocycles. The van der Waals surface area contributed by atoms with Crippen LogP contribution in [0.3, 0.4) is 0 Å². The Morgan fingerprint density at radius 2 is 2.18 bits per heavy atom. The fourth-order valence-electron chi connectivity index (χ4n) is 0.805. The number of aliphatic hydroxyl groups is 1. The SMILES string of the molecule is COC[C@H](O)Cn1cnnc1. The molecule has 0 aliphatic heterocycles. The van der Waals surface area contributed by atoms with Crippen molar-refractivity contribution in [1.82, 2.24) is 14.8 Å². The van der Waals surface area contributed by atoms with Crippen molar-refractivity contribution in [3.8, 4) is 0 Å². The highest BCUT2D eigenvalue weighted by atomic mass is 16.5. The molecule has 1 heterocycles. The predicted octanol–water partition coefficient (Wildman–Crippen LogP) is -0.715. The first-order valence-corrected chi connectivity index (χ1v) is 3.32. The standard InChI is InChI=1S/C6H11N3O2/c1-11-3-6(10)2-9-4-7-8-5-9/h4-6,10H,2-3H2,1H3/t6-/m1/s1. The molecule has 0 amide bonds. The van der Waals surface area contributed by atoms with Gasteiger partial charge in [0.25, 0.3) is 0 Å². The fraction of sp³-hybridized carbons (Fsp3) is 0.667. The van der Waals surface area contributed by atoms with E-state index >= 15 is 0 Å². The maximum atomic E-state index is 9.22. The first kappa shape index (κ1) is 8.16. The van der Waals surface area contributed by atoms with Crippen LogP contribution in [0.4, 0.5) is 0 Å². The Balaban J connectivity index is 2.31. The lowest BCUT2D eigenvalue weighted by atomic mass is 10.4. The molecule has 0 saturated heterocycles. The van der Waals surface area contributed by atoms with Crippen molar-refractivity contribution >= 4 is 0 Å². The number of hydrogen-bond acceptors (Lipinski definition) is 4. The zero-order chi connectivity index (χ0) is 8.10. The molecule has 5 nitrogen and oxygen atoms in total. The summed E-state index contributed by atoms with van der Waals surface area (Å²) in [5.74, 6) is 0. The Labute approximate surface area is 64.6 Å². The Kier molecular flexibility index (Phi) is 3.00. The van der Waals surface area contributed by atoms with Crippen molar-refractivity contribution in [2.24, 2.45) is 0 Å². The zero-order valence-electron chi connectivity index (χ0n) is 6.34. The van der Waals surface area contributed by atoms with Gasteiger partial charge in [-0.15, -0.1) is 10.2 Å². The van der Waals surface area contributed by atoms with Gasteiger partial charge in [0.1, 0.15) is 12.7 Å². The molecule has 0 aromatic carbocycles. The number of aromatic nitrogens is 3. The maximum Gasteiger partial charge on any atom is 0.119 e. The van der Waals surface area contributed by atoms with Gasteiger partial charge in [-0.05, 0) is 0 Å². The van der Waals surface area contributed by atoms with Gasteiger partial charge < -0.3 is 14.4 Å². The van der Waals surface area contributed by atoms with Crippen molar-refractivity contribution in [3.05, 3.63) is 12.7 Å². The summed E-state index contributed by atoms with van der Waals surface area (Å²) in [6, 6.07) is 0. The highest BCUT2D eigenvalue weighted by Crippen LogP contribution is 1.90. The molecule has 0 radical (unpaired) electrons. The molecule has 0 spiro atoms. The summed E-state index contributed by atoms with van der Waals surface area (Å²) < 4.78 is 6.45. The monoisotopic (exact) mass is 157 g/mol. The number of methoxy groups -OCH3 is 1. The second kappa shape index (κ2) is 4.05. The van der Waals surface area contributed by atoms with E-state index in [0.29, 0.717) is 13.2 Å². The number of nitrogens with zero attached hydrogens (tertiary/aromatic N) is 3. The van der Waals surface area contributed by atoms with Gasteiger partial charge in [0.15, 0.2) is 0 Å². The molecule has 1 atom stereocenters. The molecule has 1 N–H and O–H groups in total. The van der Waals surface area contributed by atoms with Gasteiger partial charge in [0, 0.05) is 7.11 Å². The van der Waals surface area contributed by atoms with E-state index in [2.05, 4.69) is 10.2 Å². The second-order valence-corrected chi connectivity index (χ2v) is 2.27. The van der Waals surface area contributed by atoms with E-state index in [1.165, 1.54) is 0 Å². The van der Waals surface area contributed by atoms with E-state index in [4.69, 9.17) is 4.74 Å². The Hall–Kier alpha value is -0.940. The summed E-state index contributed by atoms with van der Waals surface area (Å²) in [6.45, 7) is 0.805. The lowest BCUT2D eigenvalue weighted by molar-refractivity contribution is 0.0536. The van der Waals surface area contributed by atoms with Crippen LogP contribution >= 0.6 is 0 Å². The molecule has 0 unspecified atom stereocenters. The molecule has 62 valence electrons. The first-order valence-electron chi connectivity index (χ1n) is 3.32. The minimum Gasteiger partial charge on any atom is -0.389 e. The van der Waals surface area contributed by atoms with E-state index in [1.807, 2.05) is 0 Å². The molecule has 0 aliphatic rings. The fourth-order valence-corrected chi connectivity index (χ4v) is 0.805. The van der Waals surface area contributed by atoms with Crippen LogP contribution in [0.25, 0.3) is 0 Å². The van der Waals surface area contributed by atoms with Crippen LogP contribution < -0.4 is 0 Å². The summed E-state index contributed by atoms with van der Waals surface area (Å²) >= 11 is 0. The Morgan fingerprint density at radius 3 is 2.73 bits per heavy atom. The van der Waals surface area contributed by atoms with Crippen LogP contribution in [0.1, 0.15) is 0 Å². The molecule has 1 aromatic heterocycles. The Bertz CT molecular complexity index is 188. The van der Waals surface area contributed by atoms with Crippen LogP contribution in [0, 0.1) is 0 Å². The topological polar surface area (TPSA) is 60.2 Å². The lowest BCUT2D eigenvalue weighted by Gasteiger charge is -2.08. The van der Waals surface area contributed by atoms with Gasteiger partial charge >= 0.3 is 0 Å². The van der Waals surface area contributed by atoms with Crippen LogP contribution in [0.15, 0.2) is 12.7 Å². The van der Waals surface area contributed by atoms with Gasteiger partial charge in [-0.2, -0.15) is 0 Å². The van der Waals surface area contributed by atoms with E-state index in [-0.39, 0.29) is 0 Å². The van der Waals surface area contributed by atoms with Crippen molar-refractivity contribution in [3.63, 3.8) is 0 Å². The van der Waals surface area contributed by atoms with Crippen molar-refractivity contribution in [2.75, 3.05) is 13.7 Å². The third kappa shape index (κ3) is 2.65. The molecule has 1 rings (SSSR count). The normalized spacial score (nSPS) is 13.3. The maximum absolute atomic E-state index is 9.22. The number of ether oxygens (including phenoxy) is 1. The highest BCUT2D eigenvalue weighted by Gasteiger charge is 2.02. The van der Waals surface area contributed by atoms with Crippen LogP contribution in [-0.4, -0.2) is 39.7 Å². The summed E-state index contributed by atoms with van der Waals surface area (Å²) in [5, 5.41) is 16.4. The van der Waals surface area contributed by atoms with Gasteiger partial charge in [-0.1, -0.05) is 0 Å². The average Bonchev–Trinajstić information content (AvgIpc) is 2.40. The Morgan fingerprint density at radius 1 is 1.55 bits per heavy atom. The second-order valence-electron chi connectivity index (χ2n) is 2.27. The van der Waals surface area contributed by atoms with Crippen LogP contribution in [0.5, 0.6) is 0 Å². The number of hydrogen-bond donors (Lipinski definition) is 1. The summed E-state index contributed by atoms with van der Waals surface area (Å²) in [7, 11) is 1.55. The average molecular weight is 157 g/mol. The first-order chi connectivity index (χ1) is 5.33. The quantitative estimate of drug-likeness (QED) is 0.627. The third-order valence-electron chi connectivity index (χ3n) is 1.25. The third-order valence-corrected chi connectivity index (χ3v) is 1.25. The van der Waals surface area contributed by atoms with E-state index < -0.39 is 6.10 Å². The van der Waals surface area contributed by atoms with Gasteiger partial charge in [0.05, 0.1) is 19.3 Å². The number of aliphatic hydroxyl groups excluding tert-OH is 1. The lowest BCUT2D eigenvalue weighted by Crippen LogP contribution is -2.20. The molecular formula is C6H11N3O2. The van der Waals surface area contributed by atoms with Crippen LogP contribution in [0.2, 0.25) is 0 Å². The largest absolute Gasteiger partial charge is 0.389 e. The minimum absolute atomic E-state index is 0.332. The smallest absolute Gasteiger partial charge is 0.119 e. The summed E-state index contributed by atoms with van der Waals surface area (Å²) in [4.78, 5) is 0. The molecule has 0 fully saturated rings. The highest BCUT2D eigenvalue weighted by molar-refractivity contribution is 4.63. The van der Waals surface area contributed by atoms with E-state index in [9.17, 15) is 5.11 Å². The van der Waals surface area contributed by atoms with E-state index in [1.54, 1.807) is 24.3 Å². The van der Waals surface area contributed by atoms with E-state index in [0.717, 1.165) is 0 Å². The molecule has 11 heavy (non-hydrogen) atoms. The van der Waals surface area contributed by atoms with Crippen molar-refractivity contribution < 1.29 is 9.84 Å². The minimum atomic E-state index is -0.490. The molecule has 1 aromatic rings. The van der Waals surface area contributed by atoms with Crippen LogP contribution in [-0.2, 0) is 11.3 Å². The molecule has 5 heteroatoms.